The predicted octanol–water partition coefficient (Wildman–Crippen LogP) is 3.01. The van der Waals surface area contributed by atoms with Crippen molar-refractivity contribution in [3.05, 3.63) is 35.4 Å². The van der Waals surface area contributed by atoms with Crippen LogP contribution in [0.5, 0.6) is 0 Å². The summed E-state index contributed by atoms with van der Waals surface area (Å²) >= 11 is 0. The van der Waals surface area contributed by atoms with Crippen LogP contribution in [0.3, 0.4) is 0 Å². The first-order valence-electron chi connectivity index (χ1n) is 7.71. The summed E-state index contributed by atoms with van der Waals surface area (Å²) in [6, 6.07) is 9.43. The van der Waals surface area contributed by atoms with E-state index in [1.807, 2.05) is 0 Å². The van der Waals surface area contributed by atoms with Gasteiger partial charge in [-0.1, -0.05) is 37.8 Å². The molecule has 0 unspecified atom stereocenters. The van der Waals surface area contributed by atoms with Gasteiger partial charge in [-0.05, 0) is 49.4 Å². The van der Waals surface area contributed by atoms with Crippen LogP contribution in [-0.4, -0.2) is 24.0 Å². The highest BCUT2D eigenvalue weighted by Gasteiger charge is 2.28. The first-order valence-corrected chi connectivity index (χ1v) is 7.71. The second-order valence-electron chi connectivity index (χ2n) is 6.09. The Morgan fingerprint density at radius 2 is 1.95 bits per heavy atom. The van der Waals surface area contributed by atoms with Gasteiger partial charge in [0.25, 0.3) is 0 Å². The van der Waals surface area contributed by atoms with E-state index in [1.54, 1.807) is 0 Å². The van der Waals surface area contributed by atoms with Crippen LogP contribution in [0, 0.1) is 17.8 Å². The molecule has 1 aliphatic rings. The first kappa shape index (κ1) is 15.1. The number of benzene rings is 1. The normalized spacial score (nSPS) is 14.4. The Labute approximate surface area is 123 Å². The Bertz CT molecular complexity index is 460. The Morgan fingerprint density at radius 3 is 2.50 bits per heavy atom. The number of nitrogens with two attached hydrogens (primary N) is 1. The molecule has 0 saturated heterocycles. The van der Waals surface area contributed by atoms with Crippen molar-refractivity contribution in [1.29, 1.82) is 0 Å². The van der Waals surface area contributed by atoms with Crippen LogP contribution in [0.25, 0.3) is 0 Å². The largest absolute Gasteiger partial charge is 0.320 e. The zero-order chi connectivity index (χ0) is 14.4. The molecule has 1 fully saturated rings. The topological polar surface area (TPSA) is 29.3 Å². The summed E-state index contributed by atoms with van der Waals surface area (Å²) in [4.78, 5) is 2.64. The maximum atomic E-state index is 5.39. The molecule has 2 N–H and O–H groups in total. The van der Waals surface area contributed by atoms with E-state index in [2.05, 4.69) is 54.9 Å². The molecule has 1 saturated carbocycles. The van der Waals surface area contributed by atoms with Crippen molar-refractivity contribution in [2.75, 3.05) is 13.1 Å². The fraction of sp³-hybridized carbons (Fsp3) is 0.556. The standard InChI is InChI=1S/C18H26N2/c1-15(2)11-13-20(18-9-10-18)14-17-7-5-16(6-8-17)4-3-12-19/h5-8,15,18H,9-14,19H2,1-2H3. The maximum Gasteiger partial charge on any atom is 0.0555 e. The highest BCUT2D eigenvalue weighted by atomic mass is 15.2. The van der Waals surface area contributed by atoms with Crippen molar-refractivity contribution in [1.82, 2.24) is 4.90 Å². The van der Waals surface area contributed by atoms with Crippen LogP contribution >= 0.6 is 0 Å². The van der Waals surface area contributed by atoms with E-state index in [0.717, 1.165) is 24.1 Å². The van der Waals surface area contributed by atoms with Crippen molar-refractivity contribution < 1.29 is 0 Å². The van der Waals surface area contributed by atoms with Crippen molar-refractivity contribution in [2.45, 2.75) is 45.7 Å². The van der Waals surface area contributed by atoms with E-state index < -0.39 is 0 Å². The van der Waals surface area contributed by atoms with Gasteiger partial charge in [0, 0.05) is 18.2 Å². The SMILES string of the molecule is CC(C)CCN(Cc1ccc(C#CCN)cc1)C1CC1. The smallest absolute Gasteiger partial charge is 0.0555 e. The van der Waals surface area contributed by atoms with Crippen LogP contribution in [0.2, 0.25) is 0 Å². The Morgan fingerprint density at radius 1 is 1.25 bits per heavy atom. The third-order valence-corrected chi connectivity index (χ3v) is 3.73. The number of rotatable bonds is 6. The molecule has 0 atom stereocenters. The molecule has 0 aromatic heterocycles. The zero-order valence-electron chi connectivity index (χ0n) is 12.7. The van der Waals surface area contributed by atoms with Gasteiger partial charge in [-0.15, -0.1) is 0 Å². The van der Waals surface area contributed by atoms with Crippen LogP contribution in [0.4, 0.5) is 0 Å². The molecule has 108 valence electrons. The molecule has 0 spiro atoms. The van der Waals surface area contributed by atoms with Crippen LogP contribution in [0.1, 0.15) is 44.2 Å². The van der Waals surface area contributed by atoms with Crippen molar-refractivity contribution >= 4 is 0 Å². The molecule has 0 radical (unpaired) electrons. The molecule has 0 aliphatic heterocycles. The zero-order valence-corrected chi connectivity index (χ0v) is 12.7. The van der Waals surface area contributed by atoms with E-state index in [4.69, 9.17) is 5.73 Å². The fourth-order valence-corrected chi connectivity index (χ4v) is 2.34. The molecule has 0 bridgehead atoms. The summed E-state index contributed by atoms with van der Waals surface area (Å²) in [5, 5.41) is 0. The number of nitrogens with zero attached hydrogens (tertiary/aromatic N) is 1. The molecule has 1 aromatic rings. The van der Waals surface area contributed by atoms with Crippen LogP contribution in [0.15, 0.2) is 24.3 Å². The molecular weight excluding hydrogens is 244 g/mol. The second-order valence-corrected chi connectivity index (χ2v) is 6.09. The lowest BCUT2D eigenvalue weighted by Crippen LogP contribution is -2.27. The van der Waals surface area contributed by atoms with Crippen molar-refractivity contribution in [3.8, 4) is 11.8 Å². The van der Waals surface area contributed by atoms with Gasteiger partial charge < -0.3 is 5.73 Å². The van der Waals surface area contributed by atoms with Crippen molar-refractivity contribution in [3.63, 3.8) is 0 Å². The molecular formula is C18H26N2. The molecule has 0 amide bonds. The fourth-order valence-electron chi connectivity index (χ4n) is 2.34. The maximum absolute atomic E-state index is 5.39. The average Bonchev–Trinajstić information content (AvgIpc) is 3.27. The Balaban J connectivity index is 1.92. The van der Waals surface area contributed by atoms with Gasteiger partial charge in [0.15, 0.2) is 0 Å². The minimum Gasteiger partial charge on any atom is -0.320 e. The van der Waals surface area contributed by atoms with Crippen molar-refractivity contribution in [2.24, 2.45) is 11.7 Å². The van der Waals surface area contributed by atoms with Gasteiger partial charge in [-0.3, -0.25) is 4.90 Å². The van der Waals surface area contributed by atoms with E-state index in [9.17, 15) is 0 Å². The van der Waals surface area contributed by atoms with Gasteiger partial charge in [0.05, 0.1) is 6.54 Å². The van der Waals surface area contributed by atoms with Gasteiger partial charge in [-0.25, -0.2) is 0 Å². The summed E-state index contributed by atoms with van der Waals surface area (Å²) in [5.74, 6) is 6.75. The van der Waals surface area contributed by atoms with Gasteiger partial charge >= 0.3 is 0 Å². The lowest BCUT2D eigenvalue weighted by molar-refractivity contribution is 0.239. The van der Waals surface area contributed by atoms with E-state index >= 15 is 0 Å². The quantitative estimate of drug-likeness (QED) is 0.805. The molecule has 2 nitrogen and oxygen atoms in total. The third-order valence-electron chi connectivity index (χ3n) is 3.73. The lowest BCUT2D eigenvalue weighted by atomic mass is 10.1. The Kier molecular flexibility index (Phi) is 5.64. The highest BCUT2D eigenvalue weighted by molar-refractivity contribution is 5.36. The molecule has 1 aliphatic carbocycles. The molecule has 20 heavy (non-hydrogen) atoms. The van der Waals surface area contributed by atoms with E-state index in [-0.39, 0.29) is 0 Å². The van der Waals surface area contributed by atoms with Gasteiger partial charge in [-0.2, -0.15) is 0 Å². The van der Waals surface area contributed by atoms with Crippen LogP contribution in [-0.2, 0) is 6.54 Å². The molecule has 2 heteroatoms. The summed E-state index contributed by atoms with van der Waals surface area (Å²) < 4.78 is 0. The summed E-state index contributed by atoms with van der Waals surface area (Å²) in [5.41, 5.74) is 7.83. The Hall–Kier alpha value is -1.30. The van der Waals surface area contributed by atoms with E-state index in [0.29, 0.717) is 6.54 Å². The third kappa shape index (κ3) is 5.00. The lowest BCUT2D eigenvalue weighted by Gasteiger charge is -2.23. The summed E-state index contributed by atoms with van der Waals surface area (Å²) in [6.45, 7) is 7.32. The summed E-state index contributed by atoms with van der Waals surface area (Å²) in [6.07, 6.45) is 4.03. The second kappa shape index (κ2) is 7.47. The average molecular weight is 270 g/mol. The van der Waals surface area contributed by atoms with Gasteiger partial charge in [0.1, 0.15) is 0 Å². The van der Waals surface area contributed by atoms with Crippen LogP contribution < -0.4 is 5.73 Å². The van der Waals surface area contributed by atoms with Gasteiger partial charge in [0.2, 0.25) is 0 Å². The first-order chi connectivity index (χ1) is 9.69. The highest BCUT2D eigenvalue weighted by Crippen LogP contribution is 2.28. The monoisotopic (exact) mass is 270 g/mol. The minimum absolute atomic E-state index is 0.423. The predicted molar refractivity (Wildman–Crippen MR) is 85.3 cm³/mol. The number of hydrogen-bond donors (Lipinski definition) is 1. The summed E-state index contributed by atoms with van der Waals surface area (Å²) in [7, 11) is 0. The molecule has 1 aromatic carbocycles. The molecule has 0 heterocycles. The number of hydrogen-bond acceptors (Lipinski definition) is 2. The minimum atomic E-state index is 0.423. The molecule has 2 rings (SSSR count). The van der Waals surface area contributed by atoms with E-state index in [1.165, 1.54) is 31.4 Å².